The van der Waals surface area contributed by atoms with Crippen LogP contribution in [-0.2, 0) is 10.0 Å². The van der Waals surface area contributed by atoms with Gasteiger partial charge in [0.15, 0.2) is 0 Å². The average Bonchev–Trinajstić information content (AvgIpc) is 2.38. The lowest BCUT2D eigenvalue weighted by Crippen LogP contribution is -2.14. The normalized spacial score (nSPS) is 11.3. The van der Waals surface area contributed by atoms with Crippen molar-refractivity contribution in [1.29, 1.82) is 0 Å². The van der Waals surface area contributed by atoms with E-state index in [4.69, 9.17) is 5.73 Å². The van der Waals surface area contributed by atoms with Crippen LogP contribution in [0.3, 0.4) is 0 Å². The third kappa shape index (κ3) is 2.94. The van der Waals surface area contributed by atoms with Gasteiger partial charge >= 0.3 is 0 Å². The Bertz CT molecular complexity index is 763. The highest BCUT2D eigenvalue weighted by Crippen LogP contribution is 2.26. The van der Waals surface area contributed by atoms with Crippen molar-refractivity contribution in [1.82, 2.24) is 0 Å². The standard InChI is InChI=1S/C13H12BrFN2O2S/c1-8-11(15)3-2-4-13(8)17-20(18,19)9-5-6-12(16)10(14)7-9/h2-7,17H,16H2,1H3. The summed E-state index contributed by atoms with van der Waals surface area (Å²) in [5, 5.41) is 0. The number of nitrogens with one attached hydrogen (secondary N) is 1. The van der Waals surface area contributed by atoms with Crippen molar-refractivity contribution in [2.75, 3.05) is 10.5 Å². The number of anilines is 2. The second-order valence-corrected chi connectivity index (χ2v) is 6.74. The Morgan fingerprint density at radius 1 is 1.25 bits per heavy atom. The molecule has 3 N–H and O–H groups in total. The van der Waals surface area contributed by atoms with Crippen LogP contribution >= 0.6 is 15.9 Å². The van der Waals surface area contributed by atoms with E-state index in [1.807, 2.05) is 0 Å². The fourth-order valence-electron chi connectivity index (χ4n) is 1.60. The molecule has 0 aromatic heterocycles. The lowest BCUT2D eigenvalue weighted by molar-refractivity contribution is 0.600. The molecule has 2 aromatic rings. The van der Waals surface area contributed by atoms with Crippen LogP contribution in [0.25, 0.3) is 0 Å². The molecule has 0 aliphatic carbocycles. The summed E-state index contributed by atoms with van der Waals surface area (Å²) in [6.07, 6.45) is 0. The number of hydrogen-bond donors (Lipinski definition) is 2. The molecule has 0 saturated carbocycles. The van der Waals surface area contributed by atoms with Gasteiger partial charge in [-0.1, -0.05) is 6.07 Å². The maximum absolute atomic E-state index is 13.4. The minimum absolute atomic E-state index is 0.0437. The summed E-state index contributed by atoms with van der Waals surface area (Å²) in [5.74, 6) is -0.469. The first-order chi connectivity index (χ1) is 9.31. The topological polar surface area (TPSA) is 72.2 Å². The molecule has 0 saturated heterocycles. The van der Waals surface area contributed by atoms with Gasteiger partial charge < -0.3 is 5.73 Å². The number of sulfonamides is 1. The van der Waals surface area contributed by atoms with Crippen LogP contribution in [-0.4, -0.2) is 8.42 Å². The maximum atomic E-state index is 13.4. The highest BCUT2D eigenvalue weighted by molar-refractivity contribution is 9.10. The van der Waals surface area contributed by atoms with Crippen molar-refractivity contribution in [3.8, 4) is 0 Å². The van der Waals surface area contributed by atoms with Crippen LogP contribution in [0.1, 0.15) is 5.56 Å². The first-order valence-electron chi connectivity index (χ1n) is 5.64. The number of nitrogens with two attached hydrogens (primary N) is 1. The zero-order valence-electron chi connectivity index (χ0n) is 10.5. The second-order valence-electron chi connectivity index (χ2n) is 4.20. The molecule has 0 fully saturated rings. The Balaban J connectivity index is 2.41. The summed E-state index contributed by atoms with van der Waals surface area (Å²) >= 11 is 3.17. The Morgan fingerprint density at radius 2 is 1.95 bits per heavy atom. The van der Waals surface area contributed by atoms with E-state index in [1.54, 1.807) is 0 Å². The van der Waals surface area contributed by atoms with E-state index in [9.17, 15) is 12.8 Å². The van der Waals surface area contributed by atoms with Gasteiger partial charge in [0.05, 0.1) is 10.6 Å². The SMILES string of the molecule is Cc1c(F)cccc1NS(=O)(=O)c1ccc(N)c(Br)c1. The van der Waals surface area contributed by atoms with Gasteiger partial charge in [-0.3, -0.25) is 4.72 Å². The van der Waals surface area contributed by atoms with Gasteiger partial charge in [-0.2, -0.15) is 0 Å². The first-order valence-corrected chi connectivity index (χ1v) is 7.92. The van der Waals surface area contributed by atoms with E-state index in [0.29, 0.717) is 10.2 Å². The monoisotopic (exact) mass is 358 g/mol. The zero-order valence-corrected chi connectivity index (χ0v) is 12.9. The highest BCUT2D eigenvalue weighted by Gasteiger charge is 2.17. The molecule has 106 valence electrons. The third-order valence-corrected chi connectivity index (χ3v) is 4.84. The number of hydrogen-bond acceptors (Lipinski definition) is 3. The lowest BCUT2D eigenvalue weighted by atomic mass is 10.2. The molecule has 0 spiro atoms. The summed E-state index contributed by atoms with van der Waals surface area (Å²) in [6, 6.07) is 8.48. The number of rotatable bonds is 3. The Kier molecular flexibility index (Phi) is 4.01. The predicted octanol–water partition coefficient (Wildman–Crippen LogP) is 3.28. The fourth-order valence-corrected chi connectivity index (χ4v) is 3.28. The van der Waals surface area contributed by atoms with Gasteiger partial charge in [0.1, 0.15) is 5.82 Å². The van der Waals surface area contributed by atoms with Gasteiger partial charge in [-0.25, -0.2) is 12.8 Å². The molecule has 0 radical (unpaired) electrons. The van der Waals surface area contributed by atoms with Gasteiger partial charge in [0.25, 0.3) is 10.0 Å². The molecule has 0 heterocycles. The van der Waals surface area contributed by atoms with Crippen LogP contribution < -0.4 is 10.5 Å². The molecule has 20 heavy (non-hydrogen) atoms. The van der Waals surface area contributed by atoms with Crippen molar-refractivity contribution in [2.24, 2.45) is 0 Å². The van der Waals surface area contributed by atoms with E-state index >= 15 is 0 Å². The van der Waals surface area contributed by atoms with Gasteiger partial charge in [0.2, 0.25) is 0 Å². The summed E-state index contributed by atoms with van der Waals surface area (Å²) < 4.78 is 40.7. The first kappa shape index (κ1) is 14.8. The lowest BCUT2D eigenvalue weighted by Gasteiger charge is -2.11. The van der Waals surface area contributed by atoms with Crippen molar-refractivity contribution < 1.29 is 12.8 Å². The fraction of sp³-hybridized carbons (Fsp3) is 0.0769. The third-order valence-electron chi connectivity index (χ3n) is 2.79. The zero-order chi connectivity index (χ0) is 14.9. The molecule has 0 atom stereocenters. The Hall–Kier alpha value is -1.60. The molecule has 4 nitrogen and oxygen atoms in total. The van der Waals surface area contributed by atoms with Crippen molar-refractivity contribution in [3.05, 3.63) is 52.3 Å². The predicted molar refractivity (Wildman–Crippen MR) is 80.5 cm³/mol. The number of benzene rings is 2. The minimum Gasteiger partial charge on any atom is -0.398 e. The van der Waals surface area contributed by atoms with Crippen LogP contribution in [0.5, 0.6) is 0 Å². The van der Waals surface area contributed by atoms with Crippen LogP contribution in [0.15, 0.2) is 45.8 Å². The second kappa shape index (κ2) is 5.41. The van der Waals surface area contributed by atoms with Crippen LogP contribution in [0.4, 0.5) is 15.8 Å². The molecule has 0 bridgehead atoms. The maximum Gasteiger partial charge on any atom is 0.261 e. The largest absolute Gasteiger partial charge is 0.398 e. The molecule has 0 unspecified atom stereocenters. The van der Waals surface area contributed by atoms with Crippen LogP contribution in [0.2, 0.25) is 0 Å². The summed E-state index contributed by atoms with van der Waals surface area (Å²) in [4.78, 5) is 0.0437. The van der Waals surface area contributed by atoms with Gasteiger partial charge in [0, 0.05) is 15.7 Å². The van der Waals surface area contributed by atoms with E-state index in [0.717, 1.165) is 0 Å². The quantitative estimate of drug-likeness (QED) is 0.827. The molecule has 2 aromatic carbocycles. The van der Waals surface area contributed by atoms with E-state index in [1.165, 1.54) is 43.3 Å². The highest BCUT2D eigenvalue weighted by atomic mass is 79.9. The molecule has 7 heteroatoms. The average molecular weight is 359 g/mol. The van der Waals surface area contributed by atoms with Gasteiger partial charge in [-0.15, -0.1) is 0 Å². The van der Waals surface area contributed by atoms with Crippen LogP contribution in [0, 0.1) is 12.7 Å². The molecule has 0 amide bonds. The van der Waals surface area contributed by atoms with E-state index < -0.39 is 15.8 Å². The van der Waals surface area contributed by atoms with Crippen molar-refractivity contribution >= 4 is 37.3 Å². The van der Waals surface area contributed by atoms with Crippen molar-refractivity contribution in [3.63, 3.8) is 0 Å². The minimum atomic E-state index is -3.79. The molecule has 0 aliphatic heterocycles. The molecular weight excluding hydrogens is 347 g/mol. The molecule has 0 aliphatic rings. The Morgan fingerprint density at radius 3 is 2.60 bits per heavy atom. The summed E-state index contributed by atoms with van der Waals surface area (Å²) in [7, 11) is -3.79. The smallest absolute Gasteiger partial charge is 0.261 e. The van der Waals surface area contributed by atoms with Gasteiger partial charge in [-0.05, 0) is 53.2 Å². The number of nitrogen functional groups attached to an aromatic ring is 1. The molecule has 2 rings (SSSR count). The summed E-state index contributed by atoms with van der Waals surface area (Å²) in [6.45, 7) is 1.51. The van der Waals surface area contributed by atoms with E-state index in [2.05, 4.69) is 20.7 Å². The molecular formula is C13H12BrFN2O2S. The number of halogens is 2. The Labute approximate surface area is 125 Å². The summed E-state index contributed by atoms with van der Waals surface area (Å²) in [5.41, 5.74) is 6.50. The van der Waals surface area contributed by atoms with Crippen molar-refractivity contribution in [2.45, 2.75) is 11.8 Å². The van der Waals surface area contributed by atoms with E-state index in [-0.39, 0.29) is 16.1 Å².